The molecular weight excluding hydrogens is 404 g/mol. The van der Waals surface area contributed by atoms with Crippen molar-refractivity contribution in [2.45, 2.75) is 18.9 Å². The standard InChI is InChI=1S/C24H19F2NO4/c25-19-11-8-16(12-20(19)26)14-22(28)27-21(24(30)31)13-15-6-9-18(10-7-15)23(29)17-4-2-1-3-5-17/h1-12,21H,13-14H2,(H,27,28)(H,30,31)/t21-/m1/s1. The molecule has 3 rings (SSSR count). The fraction of sp³-hybridized carbons (Fsp3) is 0.125. The van der Waals surface area contributed by atoms with Crippen LogP contribution < -0.4 is 5.32 Å². The van der Waals surface area contributed by atoms with Gasteiger partial charge in [0.25, 0.3) is 0 Å². The first-order chi connectivity index (χ1) is 14.8. The molecule has 0 fully saturated rings. The van der Waals surface area contributed by atoms with E-state index in [-0.39, 0.29) is 24.2 Å². The zero-order valence-electron chi connectivity index (χ0n) is 16.3. The molecule has 3 aromatic carbocycles. The number of ketones is 1. The number of carboxylic acid groups (broad SMARTS) is 1. The van der Waals surface area contributed by atoms with Gasteiger partial charge < -0.3 is 10.4 Å². The number of carboxylic acids is 1. The molecule has 0 aliphatic heterocycles. The molecule has 1 amide bonds. The van der Waals surface area contributed by atoms with Crippen molar-refractivity contribution in [2.75, 3.05) is 0 Å². The Morgan fingerprint density at radius 1 is 0.806 bits per heavy atom. The van der Waals surface area contributed by atoms with Gasteiger partial charge in [0, 0.05) is 17.5 Å². The minimum Gasteiger partial charge on any atom is -0.480 e. The molecule has 2 N–H and O–H groups in total. The Kier molecular flexibility index (Phi) is 6.87. The first kappa shape index (κ1) is 21.8. The maximum atomic E-state index is 13.3. The molecule has 0 aliphatic rings. The third-order valence-corrected chi connectivity index (χ3v) is 4.67. The molecule has 31 heavy (non-hydrogen) atoms. The van der Waals surface area contributed by atoms with Crippen LogP contribution in [0.25, 0.3) is 0 Å². The van der Waals surface area contributed by atoms with E-state index in [9.17, 15) is 28.3 Å². The van der Waals surface area contributed by atoms with Crippen LogP contribution in [0.15, 0.2) is 72.8 Å². The van der Waals surface area contributed by atoms with E-state index in [1.807, 2.05) is 6.07 Å². The van der Waals surface area contributed by atoms with Gasteiger partial charge >= 0.3 is 5.97 Å². The quantitative estimate of drug-likeness (QED) is 0.543. The molecule has 0 saturated carbocycles. The molecular formula is C24H19F2NO4. The second kappa shape index (κ2) is 9.75. The van der Waals surface area contributed by atoms with Crippen LogP contribution in [0.4, 0.5) is 8.78 Å². The number of aliphatic carboxylic acids is 1. The van der Waals surface area contributed by atoms with E-state index >= 15 is 0 Å². The Morgan fingerprint density at radius 2 is 1.42 bits per heavy atom. The minimum atomic E-state index is -1.23. The number of carbonyl (C=O) groups excluding carboxylic acids is 2. The molecule has 1 atom stereocenters. The van der Waals surface area contributed by atoms with Crippen molar-refractivity contribution in [1.29, 1.82) is 0 Å². The van der Waals surface area contributed by atoms with Crippen LogP contribution in [-0.2, 0) is 22.4 Å². The number of hydrogen-bond acceptors (Lipinski definition) is 3. The van der Waals surface area contributed by atoms with Gasteiger partial charge in [0.05, 0.1) is 6.42 Å². The number of rotatable bonds is 8. The third-order valence-electron chi connectivity index (χ3n) is 4.67. The average molecular weight is 423 g/mol. The van der Waals surface area contributed by atoms with E-state index in [2.05, 4.69) is 5.32 Å². The highest BCUT2D eigenvalue weighted by Gasteiger charge is 2.21. The molecule has 0 aliphatic carbocycles. The summed E-state index contributed by atoms with van der Waals surface area (Å²) >= 11 is 0. The highest BCUT2D eigenvalue weighted by Crippen LogP contribution is 2.13. The second-order valence-electron chi connectivity index (χ2n) is 6.98. The topological polar surface area (TPSA) is 83.5 Å². The lowest BCUT2D eigenvalue weighted by Crippen LogP contribution is -2.43. The van der Waals surface area contributed by atoms with Crippen molar-refractivity contribution in [1.82, 2.24) is 5.32 Å². The van der Waals surface area contributed by atoms with Gasteiger partial charge in [-0.3, -0.25) is 9.59 Å². The second-order valence-corrected chi connectivity index (χ2v) is 6.98. The first-order valence-corrected chi connectivity index (χ1v) is 9.48. The van der Waals surface area contributed by atoms with E-state index < -0.39 is 29.6 Å². The van der Waals surface area contributed by atoms with Gasteiger partial charge in [0.2, 0.25) is 5.91 Å². The van der Waals surface area contributed by atoms with Crippen LogP contribution in [0.2, 0.25) is 0 Å². The number of halogens is 2. The average Bonchev–Trinajstić information content (AvgIpc) is 2.76. The lowest BCUT2D eigenvalue weighted by Gasteiger charge is -2.15. The summed E-state index contributed by atoms with van der Waals surface area (Å²) in [5.74, 6) is -4.12. The molecule has 5 nitrogen and oxygen atoms in total. The molecule has 0 saturated heterocycles. The van der Waals surface area contributed by atoms with Crippen molar-refractivity contribution in [3.63, 3.8) is 0 Å². The maximum Gasteiger partial charge on any atom is 0.326 e. The SMILES string of the molecule is O=C(Cc1ccc(F)c(F)c1)N[C@H](Cc1ccc(C(=O)c2ccccc2)cc1)C(=O)O. The van der Waals surface area contributed by atoms with E-state index in [4.69, 9.17) is 0 Å². The molecule has 0 heterocycles. The van der Waals surface area contributed by atoms with Gasteiger partial charge in [0.1, 0.15) is 6.04 Å². The van der Waals surface area contributed by atoms with Crippen molar-refractivity contribution < 1.29 is 28.3 Å². The van der Waals surface area contributed by atoms with E-state index in [1.54, 1.807) is 48.5 Å². The Hall–Kier alpha value is -3.87. The van der Waals surface area contributed by atoms with Crippen molar-refractivity contribution in [3.8, 4) is 0 Å². The normalized spacial score (nSPS) is 11.5. The Bertz CT molecular complexity index is 1100. The van der Waals surface area contributed by atoms with Crippen LogP contribution >= 0.6 is 0 Å². The molecule has 0 unspecified atom stereocenters. The Labute approximate surface area is 177 Å². The van der Waals surface area contributed by atoms with E-state index in [0.29, 0.717) is 16.7 Å². The number of carbonyl (C=O) groups is 3. The summed E-state index contributed by atoms with van der Waals surface area (Å²) in [5, 5.41) is 11.8. The largest absolute Gasteiger partial charge is 0.480 e. The minimum absolute atomic E-state index is 0.00133. The van der Waals surface area contributed by atoms with Gasteiger partial charge in [-0.05, 0) is 23.3 Å². The Morgan fingerprint density at radius 3 is 2.03 bits per heavy atom. The summed E-state index contributed by atoms with van der Waals surface area (Å²) < 4.78 is 26.3. The zero-order chi connectivity index (χ0) is 22.4. The molecule has 158 valence electrons. The van der Waals surface area contributed by atoms with Crippen LogP contribution in [0.3, 0.4) is 0 Å². The summed E-state index contributed by atoms with van der Waals surface area (Å²) in [5.41, 5.74) is 1.85. The zero-order valence-corrected chi connectivity index (χ0v) is 16.3. The number of hydrogen-bond donors (Lipinski definition) is 2. The van der Waals surface area contributed by atoms with Crippen LogP contribution in [0, 0.1) is 11.6 Å². The lowest BCUT2D eigenvalue weighted by atomic mass is 9.99. The monoisotopic (exact) mass is 423 g/mol. The van der Waals surface area contributed by atoms with Gasteiger partial charge in [0.15, 0.2) is 17.4 Å². The molecule has 0 radical (unpaired) electrons. The van der Waals surface area contributed by atoms with Crippen molar-refractivity contribution in [2.24, 2.45) is 0 Å². The predicted molar refractivity (Wildman–Crippen MR) is 110 cm³/mol. The van der Waals surface area contributed by atoms with Gasteiger partial charge in [-0.1, -0.05) is 60.7 Å². The van der Waals surface area contributed by atoms with E-state index in [0.717, 1.165) is 12.1 Å². The molecule has 3 aromatic rings. The highest BCUT2D eigenvalue weighted by molar-refractivity contribution is 6.08. The summed E-state index contributed by atoms with van der Waals surface area (Å²) in [4.78, 5) is 36.2. The maximum absolute atomic E-state index is 13.3. The Balaban J connectivity index is 1.64. The summed E-state index contributed by atoms with van der Waals surface area (Å²) in [6.45, 7) is 0. The van der Waals surface area contributed by atoms with Gasteiger partial charge in [-0.2, -0.15) is 0 Å². The third kappa shape index (κ3) is 5.82. The molecule has 0 spiro atoms. The van der Waals surface area contributed by atoms with Gasteiger partial charge in [-0.25, -0.2) is 13.6 Å². The fourth-order valence-electron chi connectivity index (χ4n) is 3.06. The molecule has 0 aromatic heterocycles. The first-order valence-electron chi connectivity index (χ1n) is 9.48. The van der Waals surface area contributed by atoms with Crippen molar-refractivity contribution >= 4 is 17.7 Å². The molecule has 0 bridgehead atoms. The number of amides is 1. The number of nitrogens with one attached hydrogen (secondary N) is 1. The summed E-state index contributed by atoms with van der Waals surface area (Å²) in [6.07, 6.45) is -0.288. The summed E-state index contributed by atoms with van der Waals surface area (Å²) in [7, 11) is 0. The van der Waals surface area contributed by atoms with Gasteiger partial charge in [-0.15, -0.1) is 0 Å². The predicted octanol–water partition coefficient (Wildman–Crippen LogP) is 3.55. The lowest BCUT2D eigenvalue weighted by molar-refractivity contribution is -0.141. The van der Waals surface area contributed by atoms with E-state index in [1.165, 1.54) is 6.07 Å². The van der Waals surface area contributed by atoms with Crippen LogP contribution in [-0.4, -0.2) is 28.8 Å². The fourth-order valence-corrected chi connectivity index (χ4v) is 3.06. The smallest absolute Gasteiger partial charge is 0.326 e. The van der Waals surface area contributed by atoms with Crippen LogP contribution in [0.1, 0.15) is 27.0 Å². The highest BCUT2D eigenvalue weighted by atomic mass is 19.2. The summed E-state index contributed by atoms with van der Waals surface area (Å²) in [6, 6.07) is 17.1. The number of benzene rings is 3. The molecule has 7 heteroatoms. The van der Waals surface area contributed by atoms with Crippen molar-refractivity contribution in [3.05, 3.63) is 107 Å². The van der Waals surface area contributed by atoms with Crippen LogP contribution in [0.5, 0.6) is 0 Å².